The largest absolute Gasteiger partial charge is 0.496 e. The average Bonchev–Trinajstić information content (AvgIpc) is 2.79. The van der Waals surface area contributed by atoms with Gasteiger partial charge in [-0.1, -0.05) is 34.5 Å². The van der Waals surface area contributed by atoms with Gasteiger partial charge < -0.3 is 10.1 Å². The predicted octanol–water partition coefficient (Wildman–Crippen LogP) is 5.37. The molecule has 0 aliphatic rings. The highest BCUT2D eigenvalue weighted by atomic mass is 79.9. The lowest BCUT2D eigenvalue weighted by molar-refractivity contribution is 0.406. The number of hydrogen-bond acceptors (Lipinski definition) is 3. The first-order chi connectivity index (χ1) is 10.1. The second-order valence-electron chi connectivity index (χ2n) is 4.87. The number of halogens is 2. The predicted molar refractivity (Wildman–Crippen MR) is 94.9 cm³/mol. The monoisotopic (exact) mass is 387 g/mol. The lowest BCUT2D eigenvalue weighted by atomic mass is 10.0. The molecule has 1 aromatic carbocycles. The molecule has 2 nitrogen and oxygen atoms in total. The topological polar surface area (TPSA) is 21.3 Å². The van der Waals surface area contributed by atoms with E-state index in [1.807, 2.05) is 19.1 Å². The third-order valence-electron chi connectivity index (χ3n) is 3.36. The van der Waals surface area contributed by atoms with Crippen LogP contribution in [0, 0.1) is 6.92 Å². The zero-order chi connectivity index (χ0) is 15.4. The Morgan fingerprint density at radius 3 is 2.76 bits per heavy atom. The van der Waals surface area contributed by atoms with E-state index in [0.717, 1.165) is 33.8 Å². The molecule has 0 aliphatic carbocycles. The van der Waals surface area contributed by atoms with Gasteiger partial charge >= 0.3 is 0 Å². The van der Waals surface area contributed by atoms with Crippen LogP contribution in [0.4, 0.5) is 0 Å². The maximum atomic E-state index is 6.44. The Hall–Kier alpha value is -0.550. The molecular formula is C16H19BrClNOS. The lowest BCUT2D eigenvalue weighted by Gasteiger charge is -2.19. The van der Waals surface area contributed by atoms with Gasteiger partial charge in [-0.2, -0.15) is 0 Å². The van der Waals surface area contributed by atoms with Crippen LogP contribution < -0.4 is 10.1 Å². The fourth-order valence-electron chi connectivity index (χ4n) is 2.32. The summed E-state index contributed by atoms with van der Waals surface area (Å²) in [7, 11) is 1.71. The summed E-state index contributed by atoms with van der Waals surface area (Å²) < 4.78 is 6.53. The first-order valence-corrected chi connectivity index (χ1v) is 8.91. The molecule has 21 heavy (non-hydrogen) atoms. The normalized spacial score (nSPS) is 12.4. The quantitative estimate of drug-likeness (QED) is 0.718. The summed E-state index contributed by atoms with van der Waals surface area (Å²) in [5.41, 5.74) is 2.31. The van der Waals surface area contributed by atoms with Crippen LogP contribution in [-0.4, -0.2) is 13.7 Å². The Morgan fingerprint density at radius 1 is 1.43 bits per heavy atom. The van der Waals surface area contributed by atoms with E-state index in [-0.39, 0.29) is 6.04 Å². The number of methoxy groups -OCH3 is 1. The van der Waals surface area contributed by atoms with Gasteiger partial charge in [-0.25, -0.2) is 0 Å². The second-order valence-corrected chi connectivity index (χ2v) is 7.07. The van der Waals surface area contributed by atoms with Crippen LogP contribution in [0.3, 0.4) is 0 Å². The second kappa shape index (κ2) is 7.63. The van der Waals surface area contributed by atoms with Gasteiger partial charge in [0.2, 0.25) is 0 Å². The molecular weight excluding hydrogens is 370 g/mol. The first kappa shape index (κ1) is 16.8. The third-order valence-corrected chi connectivity index (χ3v) is 5.68. The van der Waals surface area contributed by atoms with Crippen LogP contribution in [0.5, 0.6) is 5.75 Å². The number of likely N-dealkylation sites (N-methyl/N-ethyl adjacent to an activating group) is 1. The Labute approximate surface area is 143 Å². The minimum Gasteiger partial charge on any atom is -0.496 e. The summed E-state index contributed by atoms with van der Waals surface area (Å²) in [6, 6.07) is 6.29. The molecule has 2 aromatic rings. The molecule has 1 heterocycles. The van der Waals surface area contributed by atoms with Crippen LogP contribution in [0.2, 0.25) is 5.02 Å². The summed E-state index contributed by atoms with van der Waals surface area (Å²) in [6.45, 7) is 5.05. The van der Waals surface area contributed by atoms with Crippen molar-refractivity contribution in [3.8, 4) is 5.75 Å². The summed E-state index contributed by atoms with van der Waals surface area (Å²) in [5.74, 6) is 0.908. The molecule has 0 saturated carbocycles. The van der Waals surface area contributed by atoms with E-state index in [4.69, 9.17) is 16.3 Å². The van der Waals surface area contributed by atoms with Gasteiger partial charge in [0.25, 0.3) is 0 Å². The van der Waals surface area contributed by atoms with E-state index in [0.29, 0.717) is 0 Å². The van der Waals surface area contributed by atoms with Crippen molar-refractivity contribution in [2.24, 2.45) is 0 Å². The van der Waals surface area contributed by atoms with Crippen molar-refractivity contribution in [2.45, 2.75) is 26.3 Å². The highest BCUT2D eigenvalue weighted by molar-refractivity contribution is 9.10. The lowest BCUT2D eigenvalue weighted by Crippen LogP contribution is -2.22. The third kappa shape index (κ3) is 4.01. The van der Waals surface area contributed by atoms with Gasteiger partial charge in [0, 0.05) is 15.4 Å². The molecule has 1 unspecified atom stereocenters. The molecule has 0 saturated heterocycles. The molecule has 5 heteroatoms. The number of aryl methyl sites for hydroxylation is 1. The van der Waals surface area contributed by atoms with Crippen LogP contribution in [0.1, 0.15) is 29.0 Å². The van der Waals surface area contributed by atoms with E-state index < -0.39 is 0 Å². The molecule has 0 amide bonds. The summed E-state index contributed by atoms with van der Waals surface area (Å²) >= 11 is 11.7. The van der Waals surface area contributed by atoms with Gasteiger partial charge in [0.15, 0.2) is 0 Å². The van der Waals surface area contributed by atoms with Crippen molar-refractivity contribution in [3.05, 3.63) is 49.1 Å². The Kier molecular flexibility index (Phi) is 6.11. The van der Waals surface area contributed by atoms with Crippen LogP contribution in [-0.2, 0) is 6.42 Å². The van der Waals surface area contributed by atoms with Gasteiger partial charge in [-0.3, -0.25) is 0 Å². The number of ether oxygens (including phenoxy) is 1. The molecule has 1 aromatic heterocycles. The zero-order valence-corrected chi connectivity index (χ0v) is 15.5. The van der Waals surface area contributed by atoms with Crippen molar-refractivity contribution in [3.63, 3.8) is 0 Å². The molecule has 1 atom stereocenters. The van der Waals surface area contributed by atoms with E-state index in [1.54, 1.807) is 18.4 Å². The summed E-state index contributed by atoms with van der Waals surface area (Å²) in [4.78, 5) is 1.19. The van der Waals surface area contributed by atoms with E-state index in [2.05, 4.69) is 39.6 Å². The number of nitrogens with one attached hydrogen (secondary N) is 1. The van der Waals surface area contributed by atoms with Gasteiger partial charge in [-0.05, 0) is 54.6 Å². The van der Waals surface area contributed by atoms with E-state index in [9.17, 15) is 0 Å². The molecule has 1 N–H and O–H groups in total. The van der Waals surface area contributed by atoms with Gasteiger partial charge in [0.1, 0.15) is 5.75 Å². The molecule has 2 rings (SSSR count). The average molecular weight is 389 g/mol. The minimum absolute atomic E-state index is 0.199. The van der Waals surface area contributed by atoms with Crippen LogP contribution in [0.15, 0.2) is 28.1 Å². The molecule has 0 fully saturated rings. The van der Waals surface area contributed by atoms with Crippen molar-refractivity contribution in [1.29, 1.82) is 0 Å². The fraction of sp³-hybridized carbons (Fsp3) is 0.375. The Balaban J connectivity index is 2.32. The first-order valence-electron chi connectivity index (χ1n) is 6.86. The van der Waals surface area contributed by atoms with Crippen molar-refractivity contribution in [2.75, 3.05) is 13.7 Å². The summed E-state index contributed by atoms with van der Waals surface area (Å²) in [5, 5.41) is 6.51. The Bertz CT molecular complexity index is 614. The highest BCUT2D eigenvalue weighted by Crippen LogP contribution is 2.36. The van der Waals surface area contributed by atoms with Gasteiger partial charge in [0.05, 0.1) is 12.1 Å². The molecule has 0 aliphatic heterocycles. The molecule has 0 radical (unpaired) electrons. The number of hydrogen-bond donors (Lipinski definition) is 1. The van der Waals surface area contributed by atoms with Crippen LogP contribution >= 0.6 is 38.9 Å². The smallest absolute Gasteiger partial charge is 0.122 e. The number of benzene rings is 1. The number of rotatable bonds is 6. The Morgan fingerprint density at radius 2 is 2.19 bits per heavy atom. The van der Waals surface area contributed by atoms with Crippen molar-refractivity contribution >= 4 is 38.9 Å². The SMILES string of the molecule is CCNC(Cc1cc(Br)ccc1OC)c1scc(C)c1Cl. The van der Waals surface area contributed by atoms with E-state index in [1.165, 1.54) is 10.4 Å². The molecule has 0 spiro atoms. The maximum absolute atomic E-state index is 6.44. The zero-order valence-electron chi connectivity index (χ0n) is 12.4. The minimum atomic E-state index is 0.199. The van der Waals surface area contributed by atoms with E-state index >= 15 is 0 Å². The van der Waals surface area contributed by atoms with Crippen molar-refractivity contribution in [1.82, 2.24) is 5.32 Å². The summed E-state index contributed by atoms with van der Waals surface area (Å²) in [6.07, 6.45) is 0.843. The fourth-order valence-corrected chi connectivity index (χ4v) is 4.13. The number of thiophene rings is 1. The highest BCUT2D eigenvalue weighted by Gasteiger charge is 2.19. The molecule has 114 valence electrons. The molecule has 0 bridgehead atoms. The van der Waals surface area contributed by atoms with Crippen molar-refractivity contribution < 1.29 is 4.74 Å². The maximum Gasteiger partial charge on any atom is 0.122 e. The van der Waals surface area contributed by atoms with Gasteiger partial charge in [-0.15, -0.1) is 11.3 Å². The van der Waals surface area contributed by atoms with Crippen LogP contribution in [0.25, 0.3) is 0 Å². The standard InChI is InChI=1S/C16H19BrClNOS/c1-4-19-13(16-15(18)10(2)9-21-16)8-11-7-12(17)5-6-14(11)20-3/h5-7,9,13,19H,4,8H2,1-3H3.